The third-order valence-electron chi connectivity index (χ3n) is 4.02. The number of carboxylic acid groups (broad SMARTS) is 1. The Morgan fingerprint density at radius 1 is 0.815 bits per heavy atom. The third kappa shape index (κ3) is 6.05. The van der Waals surface area contributed by atoms with Crippen LogP contribution in [0.4, 0.5) is 0 Å². The number of rotatable bonds is 6. The van der Waals surface area contributed by atoms with E-state index in [1.807, 2.05) is 78.9 Å². The molecule has 0 spiro atoms. The van der Waals surface area contributed by atoms with Gasteiger partial charge in [-0.3, -0.25) is 4.79 Å². The van der Waals surface area contributed by atoms with Gasteiger partial charge >= 0.3 is 5.97 Å². The van der Waals surface area contributed by atoms with Crippen molar-refractivity contribution in [3.8, 4) is 17.6 Å². The molecule has 0 heterocycles. The average molecular weight is 356 g/mol. The highest BCUT2D eigenvalue weighted by molar-refractivity contribution is 5.67. The zero-order chi connectivity index (χ0) is 18.9. The molecule has 0 saturated carbocycles. The molecule has 3 rings (SSSR count). The largest absolute Gasteiger partial charge is 0.489 e. The first-order valence-electron chi connectivity index (χ1n) is 8.78. The Morgan fingerprint density at radius 2 is 1.56 bits per heavy atom. The molecule has 0 atom stereocenters. The molecular formula is C24H20O3. The summed E-state index contributed by atoms with van der Waals surface area (Å²) in [6.07, 6.45) is 0.671. The van der Waals surface area contributed by atoms with Crippen molar-refractivity contribution >= 4 is 5.97 Å². The first-order chi connectivity index (χ1) is 13.2. The molecular weight excluding hydrogens is 336 g/mol. The Labute approximate surface area is 159 Å². The fourth-order valence-corrected chi connectivity index (χ4v) is 2.55. The van der Waals surface area contributed by atoms with Crippen molar-refractivity contribution in [1.29, 1.82) is 0 Å². The molecule has 0 aromatic heterocycles. The summed E-state index contributed by atoms with van der Waals surface area (Å²) in [6, 6.07) is 25.4. The Kier molecular flexibility index (Phi) is 6.27. The maximum Gasteiger partial charge on any atom is 0.303 e. The summed E-state index contributed by atoms with van der Waals surface area (Å²) in [6.45, 7) is 0.523. The lowest BCUT2D eigenvalue weighted by Crippen LogP contribution is -1.97. The molecule has 0 aliphatic rings. The quantitative estimate of drug-likeness (QED) is 0.652. The molecule has 3 aromatic carbocycles. The Bertz CT molecular complexity index is 948. The predicted octanol–water partition coefficient (Wildman–Crippen LogP) is 4.68. The second kappa shape index (κ2) is 9.26. The van der Waals surface area contributed by atoms with Crippen molar-refractivity contribution in [1.82, 2.24) is 0 Å². The van der Waals surface area contributed by atoms with Crippen LogP contribution in [0.2, 0.25) is 0 Å². The summed E-state index contributed by atoms with van der Waals surface area (Å²) >= 11 is 0. The van der Waals surface area contributed by atoms with Gasteiger partial charge in [-0.2, -0.15) is 0 Å². The fraction of sp³-hybridized carbons (Fsp3) is 0.125. The second-order valence-electron chi connectivity index (χ2n) is 6.14. The molecule has 134 valence electrons. The van der Waals surface area contributed by atoms with Gasteiger partial charge in [0.05, 0.1) is 0 Å². The highest BCUT2D eigenvalue weighted by atomic mass is 16.5. The molecule has 0 amide bonds. The van der Waals surface area contributed by atoms with Gasteiger partial charge in [0.25, 0.3) is 0 Å². The van der Waals surface area contributed by atoms with Crippen LogP contribution in [0, 0.1) is 11.8 Å². The lowest BCUT2D eigenvalue weighted by atomic mass is 10.1. The van der Waals surface area contributed by atoms with E-state index in [0.717, 1.165) is 28.0 Å². The number of carboxylic acids is 1. The third-order valence-corrected chi connectivity index (χ3v) is 4.02. The first kappa shape index (κ1) is 18.3. The minimum absolute atomic E-state index is 0.140. The van der Waals surface area contributed by atoms with Crippen LogP contribution in [0.15, 0.2) is 78.9 Å². The van der Waals surface area contributed by atoms with Gasteiger partial charge in [0, 0.05) is 17.5 Å². The fourth-order valence-electron chi connectivity index (χ4n) is 2.55. The first-order valence-corrected chi connectivity index (χ1v) is 8.78. The van der Waals surface area contributed by atoms with Crippen LogP contribution >= 0.6 is 0 Å². The molecule has 3 nitrogen and oxygen atoms in total. The average Bonchev–Trinajstić information content (AvgIpc) is 2.71. The van der Waals surface area contributed by atoms with E-state index in [-0.39, 0.29) is 6.42 Å². The number of aliphatic carboxylic acids is 1. The molecule has 0 aliphatic carbocycles. The lowest BCUT2D eigenvalue weighted by Gasteiger charge is -2.06. The van der Waals surface area contributed by atoms with E-state index in [0.29, 0.717) is 13.0 Å². The van der Waals surface area contributed by atoms with Gasteiger partial charge in [0.2, 0.25) is 0 Å². The lowest BCUT2D eigenvalue weighted by molar-refractivity contribution is -0.136. The van der Waals surface area contributed by atoms with Crippen molar-refractivity contribution < 1.29 is 14.6 Å². The van der Waals surface area contributed by atoms with E-state index < -0.39 is 5.97 Å². The van der Waals surface area contributed by atoms with Crippen molar-refractivity contribution in [3.63, 3.8) is 0 Å². The van der Waals surface area contributed by atoms with Crippen LogP contribution < -0.4 is 4.74 Å². The van der Waals surface area contributed by atoms with Crippen LogP contribution in [-0.2, 0) is 17.8 Å². The van der Waals surface area contributed by atoms with E-state index in [9.17, 15) is 4.79 Å². The standard InChI is InChI=1S/C24H20O3/c25-24(26)16-15-20-11-9-19(10-12-20)13-14-21-7-4-8-23(17-21)27-18-22-5-2-1-3-6-22/h1-12,17H,15-16,18H2,(H,25,26). The predicted molar refractivity (Wildman–Crippen MR) is 106 cm³/mol. The molecule has 3 aromatic rings. The minimum Gasteiger partial charge on any atom is -0.489 e. The Hall–Kier alpha value is -3.51. The molecule has 0 aliphatic heterocycles. The van der Waals surface area contributed by atoms with Crippen LogP contribution in [-0.4, -0.2) is 11.1 Å². The molecule has 3 heteroatoms. The van der Waals surface area contributed by atoms with Crippen molar-refractivity contribution in [2.24, 2.45) is 0 Å². The summed E-state index contributed by atoms with van der Waals surface area (Å²) in [5, 5.41) is 8.73. The van der Waals surface area contributed by atoms with Crippen LogP contribution in [0.5, 0.6) is 5.75 Å². The van der Waals surface area contributed by atoms with E-state index in [4.69, 9.17) is 9.84 Å². The summed E-state index contributed by atoms with van der Waals surface area (Å²) in [5.74, 6) is 6.28. The van der Waals surface area contributed by atoms with Gasteiger partial charge in [0.15, 0.2) is 0 Å². The van der Waals surface area contributed by atoms with Crippen LogP contribution in [0.1, 0.15) is 28.7 Å². The number of hydrogen-bond donors (Lipinski definition) is 1. The zero-order valence-electron chi connectivity index (χ0n) is 14.9. The number of hydrogen-bond acceptors (Lipinski definition) is 2. The van der Waals surface area contributed by atoms with E-state index >= 15 is 0 Å². The normalized spacial score (nSPS) is 9.93. The topological polar surface area (TPSA) is 46.5 Å². The van der Waals surface area contributed by atoms with Gasteiger partial charge in [-0.15, -0.1) is 0 Å². The van der Waals surface area contributed by atoms with Crippen molar-refractivity contribution in [2.75, 3.05) is 0 Å². The second-order valence-corrected chi connectivity index (χ2v) is 6.14. The maximum absolute atomic E-state index is 10.6. The summed E-state index contributed by atoms with van der Waals surface area (Å²) in [5.41, 5.74) is 3.90. The monoisotopic (exact) mass is 356 g/mol. The molecule has 1 N–H and O–H groups in total. The summed E-state index contributed by atoms with van der Waals surface area (Å²) in [7, 11) is 0. The SMILES string of the molecule is O=C(O)CCc1ccc(C#Cc2cccc(OCc3ccccc3)c2)cc1. The summed E-state index contributed by atoms with van der Waals surface area (Å²) < 4.78 is 5.83. The number of ether oxygens (including phenoxy) is 1. The highest BCUT2D eigenvalue weighted by Crippen LogP contribution is 2.15. The van der Waals surface area contributed by atoms with E-state index in [1.54, 1.807) is 0 Å². The van der Waals surface area contributed by atoms with Crippen molar-refractivity contribution in [3.05, 3.63) is 101 Å². The minimum atomic E-state index is -0.784. The Morgan fingerprint density at radius 3 is 2.30 bits per heavy atom. The van der Waals surface area contributed by atoms with Crippen LogP contribution in [0.25, 0.3) is 0 Å². The van der Waals surface area contributed by atoms with Crippen LogP contribution in [0.3, 0.4) is 0 Å². The van der Waals surface area contributed by atoms with Gasteiger partial charge in [-0.1, -0.05) is 60.4 Å². The zero-order valence-corrected chi connectivity index (χ0v) is 14.9. The molecule has 0 saturated heterocycles. The number of benzene rings is 3. The van der Waals surface area contributed by atoms with E-state index in [1.165, 1.54) is 0 Å². The highest BCUT2D eigenvalue weighted by Gasteiger charge is 1.99. The summed E-state index contributed by atoms with van der Waals surface area (Å²) in [4.78, 5) is 10.6. The smallest absolute Gasteiger partial charge is 0.303 e. The van der Waals surface area contributed by atoms with Gasteiger partial charge in [0.1, 0.15) is 12.4 Å². The molecule has 27 heavy (non-hydrogen) atoms. The molecule has 0 bridgehead atoms. The van der Waals surface area contributed by atoms with Gasteiger partial charge in [-0.25, -0.2) is 0 Å². The van der Waals surface area contributed by atoms with E-state index in [2.05, 4.69) is 11.8 Å². The van der Waals surface area contributed by atoms with Gasteiger partial charge < -0.3 is 9.84 Å². The Balaban J connectivity index is 1.62. The molecule has 0 fully saturated rings. The van der Waals surface area contributed by atoms with Gasteiger partial charge in [-0.05, 0) is 47.9 Å². The number of aryl methyl sites for hydroxylation is 1. The number of carbonyl (C=O) groups is 1. The molecule has 0 unspecified atom stereocenters. The molecule has 0 radical (unpaired) electrons. The maximum atomic E-state index is 10.6. The van der Waals surface area contributed by atoms with Crippen molar-refractivity contribution in [2.45, 2.75) is 19.4 Å².